The number of hydrogen-bond donors (Lipinski definition) is 2. The summed E-state index contributed by atoms with van der Waals surface area (Å²) >= 11 is 3.40. The summed E-state index contributed by atoms with van der Waals surface area (Å²) in [6.45, 7) is 1.84. The third-order valence-electron chi connectivity index (χ3n) is 3.62. The summed E-state index contributed by atoms with van der Waals surface area (Å²) in [5.74, 6) is -1.57. The van der Waals surface area contributed by atoms with Crippen LogP contribution in [0.15, 0.2) is 75.2 Å². The molecule has 0 spiro atoms. The van der Waals surface area contributed by atoms with Gasteiger partial charge in [0.15, 0.2) is 0 Å². The first-order valence-electron chi connectivity index (χ1n) is 8.18. The second-order valence-corrected chi connectivity index (χ2v) is 6.66. The standard InChI is InChI=1S/C19H15BrF2N4O2/c1-11-18(17(20)5-6-28-11)26-25-15-4-2-3-14(10-15)23-19(27)24-16-8-12(21)7-13(22)9-16/h2-11H,1H3,(H2,23,24,27). The van der Waals surface area contributed by atoms with Crippen molar-refractivity contribution in [2.45, 2.75) is 13.0 Å². The first-order valence-corrected chi connectivity index (χ1v) is 8.97. The maximum Gasteiger partial charge on any atom is 0.323 e. The van der Waals surface area contributed by atoms with Crippen molar-refractivity contribution in [2.24, 2.45) is 10.2 Å². The van der Waals surface area contributed by atoms with Crippen LogP contribution in [0.2, 0.25) is 0 Å². The van der Waals surface area contributed by atoms with Crippen LogP contribution in [-0.2, 0) is 4.74 Å². The molecule has 2 amide bonds. The number of amides is 2. The van der Waals surface area contributed by atoms with E-state index >= 15 is 0 Å². The summed E-state index contributed by atoms with van der Waals surface area (Å²) in [5.41, 5.74) is 1.57. The third-order valence-corrected chi connectivity index (χ3v) is 4.30. The van der Waals surface area contributed by atoms with E-state index in [9.17, 15) is 13.6 Å². The molecule has 0 saturated carbocycles. The van der Waals surface area contributed by atoms with Gasteiger partial charge in [0.05, 0.1) is 11.9 Å². The van der Waals surface area contributed by atoms with Crippen molar-refractivity contribution < 1.29 is 18.3 Å². The van der Waals surface area contributed by atoms with Gasteiger partial charge in [-0.25, -0.2) is 13.6 Å². The van der Waals surface area contributed by atoms with E-state index < -0.39 is 17.7 Å². The lowest BCUT2D eigenvalue weighted by Crippen LogP contribution is -2.19. The number of urea groups is 1. The molecule has 0 saturated heterocycles. The molecule has 1 unspecified atom stereocenters. The van der Waals surface area contributed by atoms with Gasteiger partial charge in [0, 0.05) is 21.9 Å². The molecule has 1 atom stereocenters. The highest BCUT2D eigenvalue weighted by molar-refractivity contribution is 9.11. The van der Waals surface area contributed by atoms with E-state index in [0.29, 0.717) is 17.1 Å². The van der Waals surface area contributed by atoms with Crippen molar-refractivity contribution >= 4 is 39.0 Å². The van der Waals surface area contributed by atoms with Crippen molar-refractivity contribution in [3.63, 3.8) is 0 Å². The van der Waals surface area contributed by atoms with Gasteiger partial charge in [-0.1, -0.05) is 6.07 Å². The molecule has 2 aromatic carbocycles. The molecule has 28 heavy (non-hydrogen) atoms. The topological polar surface area (TPSA) is 75.1 Å². The summed E-state index contributed by atoms with van der Waals surface area (Å²) < 4.78 is 32.5. The van der Waals surface area contributed by atoms with Crippen LogP contribution in [0.5, 0.6) is 0 Å². The minimum absolute atomic E-state index is 0.00182. The van der Waals surface area contributed by atoms with Crippen molar-refractivity contribution in [2.75, 3.05) is 10.6 Å². The van der Waals surface area contributed by atoms with E-state index in [-0.39, 0.29) is 11.8 Å². The molecule has 3 rings (SSSR count). The predicted molar refractivity (Wildman–Crippen MR) is 106 cm³/mol. The SMILES string of the molecule is CC1OC=CC(Br)=C1N=Nc1cccc(NC(=O)Nc2cc(F)cc(F)c2)c1. The lowest BCUT2D eigenvalue weighted by molar-refractivity contribution is 0.186. The minimum Gasteiger partial charge on any atom is -0.492 e. The molecule has 2 N–H and O–H groups in total. The summed E-state index contributed by atoms with van der Waals surface area (Å²) in [4.78, 5) is 12.0. The predicted octanol–water partition coefficient (Wildman–Crippen LogP) is 6.23. The number of azo groups is 1. The van der Waals surface area contributed by atoms with Gasteiger partial charge in [0.1, 0.15) is 23.4 Å². The molecule has 0 fully saturated rings. The summed E-state index contributed by atoms with van der Waals surface area (Å²) in [6.07, 6.45) is 3.05. The van der Waals surface area contributed by atoms with Gasteiger partial charge in [-0.05, 0) is 59.3 Å². The third kappa shape index (κ3) is 5.23. The molecule has 1 aliphatic rings. The maximum absolute atomic E-state index is 13.2. The van der Waals surface area contributed by atoms with Crippen LogP contribution >= 0.6 is 15.9 Å². The summed E-state index contributed by atoms with van der Waals surface area (Å²) in [7, 11) is 0. The zero-order valence-electron chi connectivity index (χ0n) is 14.6. The number of nitrogens with zero attached hydrogens (tertiary/aromatic N) is 2. The van der Waals surface area contributed by atoms with Crippen LogP contribution in [-0.4, -0.2) is 12.1 Å². The van der Waals surface area contributed by atoms with Crippen LogP contribution in [0.3, 0.4) is 0 Å². The number of carbonyl (C=O) groups is 1. The van der Waals surface area contributed by atoms with Gasteiger partial charge in [-0.15, -0.1) is 5.11 Å². The molecule has 9 heteroatoms. The van der Waals surface area contributed by atoms with E-state index in [2.05, 4.69) is 36.8 Å². The average molecular weight is 449 g/mol. The molecule has 0 aliphatic carbocycles. The highest BCUT2D eigenvalue weighted by Crippen LogP contribution is 2.27. The zero-order valence-corrected chi connectivity index (χ0v) is 16.2. The van der Waals surface area contributed by atoms with E-state index in [1.165, 1.54) is 0 Å². The molecule has 0 aromatic heterocycles. The van der Waals surface area contributed by atoms with E-state index in [1.807, 2.05) is 6.92 Å². The molecule has 1 heterocycles. The fourth-order valence-corrected chi connectivity index (χ4v) is 2.88. The molecule has 1 aliphatic heterocycles. The molecule has 2 aromatic rings. The second kappa shape index (κ2) is 8.75. The zero-order chi connectivity index (χ0) is 20.1. The monoisotopic (exact) mass is 448 g/mol. The van der Waals surface area contributed by atoms with Gasteiger partial charge >= 0.3 is 6.03 Å². The summed E-state index contributed by atoms with van der Waals surface area (Å²) in [5, 5.41) is 13.3. The minimum atomic E-state index is -0.783. The van der Waals surface area contributed by atoms with Gasteiger partial charge in [0.25, 0.3) is 0 Å². The normalized spacial score (nSPS) is 16.2. The first-order chi connectivity index (χ1) is 13.4. The number of hydrogen-bond acceptors (Lipinski definition) is 4. The Hall–Kier alpha value is -3.07. The molecule has 0 radical (unpaired) electrons. The van der Waals surface area contributed by atoms with Crippen LogP contribution in [0.4, 0.5) is 30.6 Å². The fourth-order valence-electron chi connectivity index (χ4n) is 2.37. The number of allylic oxidation sites excluding steroid dienone is 2. The fraction of sp³-hybridized carbons (Fsp3) is 0.105. The Morgan fingerprint density at radius 1 is 1.07 bits per heavy atom. The Morgan fingerprint density at radius 3 is 2.50 bits per heavy atom. The molecule has 144 valence electrons. The Kier molecular flexibility index (Phi) is 6.15. The van der Waals surface area contributed by atoms with E-state index in [1.54, 1.807) is 36.6 Å². The number of halogens is 3. The molecule has 6 nitrogen and oxygen atoms in total. The van der Waals surface area contributed by atoms with Crippen LogP contribution < -0.4 is 10.6 Å². The van der Waals surface area contributed by atoms with Crippen LogP contribution in [0.1, 0.15) is 6.92 Å². The highest BCUT2D eigenvalue weighted by atomic mass is 79.9. The molecule has 0 bridgehead atoms. The van der Waals surface area contributed by atoms with E-state index in [4.69, 9.17) is 4.74 Å². The van der Waals surface area contributed by atoms with Crippen molar-refractivity contribution in [3.8, 4) is 0 Å². The lowest BCUT2D eigenvalue weighted by Gasteiger charge is -2.16. The van der Waals surface area contributed by atoms with Gasteiger partial charge in [-0.2, -0.15) is 5.11 Å². The Bertz CT molecular complexity index is 971. The van der Waals surface area contributed by atoms with Crippen molar-refractivity contribution in [1.82, 2.24) is 0 Å². The van der Waals surface area contributed by atoms with Gasteiger partial charge < -0.3 is 15.4 Å². The average Bonchev–Trinajstić information content (AvgIpc) is 2.60. The first kappa shape index (κ1) is 19.7. The quantitative estimate of drug-likeness (QED) is 0.543. The van der Waals surface area contributed by atoms with Gasteiger partial charge in [0.2, 0.25) is 0 Å². The number of nitrogens with one attached hydrogen (secondary N) is 2. The van der Waals surface area contributed by atoms with Gasteiger partial charge in [-0.3, -0.25) is 0 Å². The number of carbonyl (C=O) groups excluding carboxylic acids is 1. The van der Waals surface area contributed by atoms with Crippen LogP contribution in [0, 0.1) is 11.6 Å². The molecular formula is C19H15BrF2N4O2. The molecular weight excluding hydrogens is 434 g/mol. The Morgan fingerprint density at radius 2 is 1.79 bits per heavy atom. The maximum atomic E-state index is 13.2. The largest absolute Gasteiger partial charge is 0.492 e. The number of benzene rings is 2. The summed E-state index contributed by atoms with van der Waals surface area (Å²) in [6, 6.07) is 8.76. The Balaban J connectivity index is 1.68. The second-order valence-electron chi connectivity index (χ2n) is 5.80. The number of rotatable bonds is 4. The van der Waals surface area contributed by atoms with Crippen molar-refractivity contribution in [1.29, 1.82) is 0 Å². The number of ether oxygens (including phenoxy) is 1. The Labute approximate surface area is 168 Å². The smallest absolute Gasteiger partial charge is 0.323 e. The van der Waals surface area contributed by atoms with E-state index in [0.717, 1.165) is 22.7 Å². The lowest BCUT2D eigenvalue weighted by atomic mass is 10.2. The highest BCUT2D eigenvalue weighted by Gasteiger charge is 2.15. The number of anilines is 2. The van der Waals surface area contributed by atoms with Crippen LogP contribution in [0.25, 0.3) is 0 Å². The van der Waals surface area contributed by atoms with Crippen molar-refractivity contribution in [3.05, 3.63) is 76.6 Å².